The van der Waals surface area contributed by atoms with E-state index in [1.807, 2.05) is 67.6 Å². The van der Waals surface area contributed by atoms with E-state index in [0.29, 0.717) is 29.9 Å². The van der Waals surface area contributed by atoms with Gasteiger partial charge in [-0.25, -0.2) is 0 Å². The van der Waals surface area contributed by atoms with Crippen LogP contribution in [-0.4, -0.2) is 17.7 Å². The summed E-state index contributed by atoms with van der Waals surface area (Å²) >= 11 is 0. The molecule has 3 N–H and O–H groups in total. The summed E-state index contributed by atoms with van der Waals surface area (Å²) in [7, 11) is 0. The molecule has 6 heteroatoms. The van der Waals surface area contributed by atoms with Gasteiger partial charge in [0.25, 0.3) is 5.91 Å². The Labute approximate surface area is 187 Å². The number of rotatable bonds is 8. The van der Waals surface area contributed by atoms with Crippen molar-refractivity contribution < 1.29 is 14.4 Å². The Morgan fingerprint density at radius 1 is 0.906 bits per heavy atom. The quantitative estimate of drug-likeness (QED) is 0.478. The normalized spacial score (nSPS) is 12.9. The molecule has 0 spiro atoms. The van der Waals surface area contributed by atoms with E-state index < -0.39 is 0 Å². The van der Waals surface area contributed by atoms with Gasteiger partial charge in [-0.3, -0.25) is 14.4 Å². The van der Waals surface area contributed by atoms with Crippen LogP contribution in [0, 0.1) is 5.92 Å². The number of carbonyl (C=O) groups is 3. The second kappa shape index (κ2) is 9.64. The van der Waals surface area contributed by atoms with Gasteiger partial charge in [0.15, 0.2) is 0 Å². The predicted octanol–water partition coefficient (Wildman–Crippen LogP) is 4.86. The van der Waals surface area contributed by atoms with Crippen molar-refractivity contribution in [2.24, 2.45) is 5.92 Å². The lowest BCUT2D eigenvalue weighted by Gasteiger charge is -2.14. The highest BCUT2D eigenvalue weighted by molar-refractivity contribution is 6.08. The number of benzene rings is 3. The van der Waals surface area contributed by atoms with Crippen LogP contribution in [0.25, 0.3) is 10.8 Å². The van der Waals surface area contributed by atoms with Crippen LogP contribution in [0.15, 0.2) is 60.7 Å². The van der Waals surface area contributed by atoms with Gasteiger partial charge in [0, 0.05) is 24.6 Å². The summed E-state index contributed by atoms with van der Waals surface area (Å²) in [5.74, 6) is -0.281. The standard InChI is InChI=1S/C26H27N3O3/c1-2-6-24(30)28-21-10-5-7-17(13-21)16-27-26(32)22-14-19-8-3-4-9-20(19)15-23(22)29-25(31)18-11-12-18/h3-5,7-10,13-15,18H,2,6,11-12,16H2,1H3,(H,27,32)(H,28,30)(H,29,31). The predicted molar refractivity (Wildman–Crippen MR) is 126 cm³/mol. The number of fused-ring (bicyclic) bond motifs is 1. The molecule has 0 saturated heterocycles. The number of carbonyl (C=O) groups excluding carboxylic acids is 3. The first-order valence-corrected chi connectivity index (χ1v) is 11.0. The first-order chi connectivity index (χ1) is 15.5. The summed E-state index contributed by atoms with van der Waals surface area (Å²) in [6.07, 6.45) is 3.05. The third-order valence-electron chi connectivity index (χ3n) is 5.48. The minimum Gasteiger partial charge on any atom is -0.348 e. The molecule has 3 aromatic carbocycles. The van der Waals surface area contributed by atoms with Crippen molar-refractivity contribution in [3.8, 4) is 0 Å². The Bertz CT molecular complexity index is 1170. The van der Waals surface area contributed by atoms with E-state index in [2.05, 4.69) is 16.0 Å². The minimum absolute atomic E-state index is 0.0269. The summed E-state index contributed by atoms with van der Waals surface area (Å²) in [5.41, 5.74) is 2.54. The highest BCUT2D eigenvalue weighted by atomic mass is 16.2. The summed E-state index contributed by atoms with van der Waals surface area (Å²) < 4.78 is 0. The molecule has 4 rings (SSSR count). The number of amides is 3. The molecule has 0 atom stereocenters. The Morgan fingerprint density at radius 3 is 2.38 bits per heavy atom. The molecule has 0 radical (unpaired) electrons. The second-order valence-corrected chi connectivity index (χ2v) is 8.19. The topological polar surface area (TPSA) is 87.3 Å². The first-order valence-electron chi connectivity index (χ1n) is 11.0. The third kappa shape index (κ3) is 5.32. The first kappa shape index (κ1) is 21.6. The third-order valence-corrected chi connectivity index (χ3v) is 5.48. The highest BCUT2D eigenvalue weighted by Crippen LogP contribution is 2.32. The minimum atomic E-state index is -0.262. The number of nitrogens with one attached hydrogen (secondary N) is 3. The Hall–Kier alpha value is -3.67. The van der Waals surface area contributed by atoms with E-state index in [0.717, 1.165) is 35.6 Å². The van der Waals surface area contributed by atoms with Gasteiger partial charge in [-0.15, -0.1) is 0 Å². The largest absolute Gasteiger partial charge is 0.348 e. The molecule has 164 valence electrons. The van der Waals surface area contributed by atoms with Crippen LogP contribution >= 0.6 is 0 Å². The molecule has 0 aliphatic heterocycles. The van der Waals surface area contributed by atoms with Crippen molar-refractivity contribution in [1.29, 1.82) is 0 Å². The SMILES string of the molecule is CCCC(=O)Nc1cccc(CNC(=O)c2cc3ccccc3cc2NC(=O)C2CC2)c1. The molecule has 0 heterocycles. The van der Waals surface area contributed by atoms with Crippen LogP contribution in [0.1, 0.15) is 48.5 Å². The molecular weight excluding hydrogens is 402 g/mol. The van der Waals surface area contributed by atoms with Crippen LogP contribution in [0.4, 0.5) is 11.4 Å². The fourth-order valence-corrected chi connectivity index (χ4v) is 3.60. The monoisotopic (exact) mass is 429 g/mol. The smallest absolute Gasteiger partial charge is 0.253 e. The summed E-state index contributed by atoms with van der Waals surface area (Å²) in [4.78, 5) is 37.3. The maximum absolute atomic E-state index is 13.1. The van der Waals surface area contributed by atoms with Crippen molar-refractivity contribution in [3.63, 3.8) is 0 Å². The molecular formula is C26H27N3O3. The Kier molecular flexibility index (Phi) is 6.50. The van der Waals surface area contributed by atoms with Crippen molar-refractivity contribution in [3.05, 3.63) is 71.8 Å². The van der Waals surface area contributed by atoms with Crippen molar-refractivity contribution in [2.75, 3.05) is 10.6 Å². The maximum atomic E-state index is 13.1. The van der Waals surface area contributed by atoms with Gasteiger partial charge in [0.1, 0.15) is 0 Å². The molecule has 0 bridgehead atoms. The maximum Gasteiger partial charge on any atom is 0.253 e. The number of hydrogen-bond donors (Lipinski definition) is 3. The average molecular weight is 430 g/mol. The fourth-order valence-electron chi connectivity index (χ4n) is 3.60. The fraction of sp³-hybridized carbons (Fsp3) is 0.269. The molecule has 1 saturated carbocycles. The van der Waals surface area contributed by atoms with E-state index in [9.17, 15) is 14.4 Å². The van der Waals surface area contributed by atoms with Crippen molar-refractivity contribution >= 4 is 39.9 Å². The molecule has 6 nitrogen and oxygen atoms in total. The van der Waals surface area contributed by atoms with Crippen LogP contribution < -0.4 is 16.0 Å². The van der Waals surface area contributed by atoms with Gasteiger partial charge in [-0.1, -0.05) is 43.3 Å². The van der Waals surface area contributed by atoms with Crippen LogP contribution in [0.5, 0.6) is 0 Å². The van der Waals surface area contributed by atoms with E-state index >= 15 is 0 Å². The Morgan fingerprint density at radius 2 is 1.66 bits per heavy atom. The van der Waals surface area contributed by atoms with Crippen LogP contribution in [0.2, 0.25) is 0 Å². The van der Waals surface area contributed by atoms with Gasteiger partial charge in [-0.05, 0) is 59.9 Å². The summed E-state index contributed by atoms with van der Waals surface area (Å²) in [5, 5.41) is 10.6. The van der Waals surface area contributed by atoms with Crippen molar-refractivity contribution in [1.82, 2.24) is 5.32 Å². The zero-order chi connectivity index (χ0) is 22.5. The van der Waals surface area contributed by atoms with Gasteiger partial charge < -0.3 is 16.0 Å². The van der Waals surface area contributed by atoms with Crippen LogP contribution in [0.3, 0.4) is 0 Å². The van der Waals surface area contributed by atoms with Gasteiger partial charge in [0.05, 0.1) is 11.3 Å². The van der Waals surface area contributed by atoms with E-state index in [1.54, 1.807) is 0 Å². The van der Waals surface area contributed by atoms with E-state index in [4.69, 9.17) is 0 Å². The zero-order valence-corrected chi connectivity index (χ0v) is 18.1. The lowest BCUT2D eigenvalue weighted by atomic mass is 10.0. The summed E-state index contributed by atoms with van der Waals surface area (Å²) in [6.45, 7) is 2.26. The zero-order valence-electron chi connectivity index (χ0n) is 18.1. The number of anilines is 2. The van der Waals surface area contributed by atoms with E-state index in [-0.39, 0.29) is 23.6 Å². The van der Waals surface area contributed by atoms with Gasteiger partial charge in [-0.2, -0.15) is 0 Å². The van der Waals surface area contributed by atoms with Gasteiger partial charge in [0.2, 0.25) is 11.8 Å². The van der Waals surface area contributed by atoms with Crippen LogP contribution in [-0.2, 0) is 16.1 Å². The lowest BCUT2D eigenvalue weighted by Crippen LogP contribution is -2.25. The molecule has 0 aromatic heterocycles. The lowest BCUT2D eigenvalue weighted by molar-refractivity contribution is -0.117. The van der Waals surface area contributed by atoms with Crippen molar-refractivity contribution in [2.45, 2.75) is 39.2 Å². The highest BCUT2D eigenvalue weighted by Gasteiger charge is 2.30. The number of hydrogen-bond acceptors (Lipinski definition) is 3. The second-order valence-electron chi connectivity index (χ2n) is 8.19. The molecule has 1 aliphatic carbocycles. The van der Waals surface area contributed by atoms with Gasteiger partial charge >= 0.3 is 0 Å². The molecule has 32 heavy (non-hydrogen) atoms. The molecule has 3 aromatic rings. The molecule has 1 fully saturated rings. The molecule has 3 amide bonds. The summed E-state index contributed by atoms with van der Waals surface area (Å²) in [6, 6.07) is 18.8. The van der Waals surface area contributed by atoms with E-state index in [1.165, 1.54) is 0 Å². The Balaban J connectivity index is 1.50. The average Bonchev–Trinajstić information content (AvgIpc) is 3.63. The molecule has 1 aliphatic rings. The molecule has 0 unspecified atom stereocenters.